The maximum atomic E-state index is 9.67. The van der Waals surface area contributed by atoms with Crippen LogP contribution < -0.4 is 5.32 Å². The molecule has 4 rings (SSSR count). The molecule has 0 saturated carbocycles. The second-order valence-corrected chi connectivity index (χ2v) is 6.31. The van der Waals surface area contributed by atoms with E-state index in [2.05, 4.69) is 17.4 Å². The SMILES string of the molecule is Oc1ccc(CNc2c3c(nc4ccccc24)CCCC3)cc1O. The van der Waals surface area contributed by atoms with Crippen molar-refractivity contribution in [1.82, 2.24) is 4.98 Å². The molecule has 0 amide bonds. The lowest BCUT2D eigenvalue weighted by Crippen LogP contribution is -2.11. The van der Waals surface area contributed by atoms with Crippen molar-refractivity contribution in [1.29, 1.82) is 0 Å². The van der Waals surface area contributed by atoms with Crippen LogP contribution in [0.15, 0.2) is 42.5 Å². The number of phenols is 2. The molecule has 3 N–H and O–H groups in total. The Hall–Kier alpha value is -2.75. The van der Waals surface area contributed by atoms with Crippen LogP contribution >= 0.6 is 0 Å². The number of benzene rings is 2. The zero-order valence-electron chi connectivity index (χ0n) is 13.4. The van der Waals surface area contributed by atoms with E-state index in [4.69, 9.17) is 4.98 Å². The van der Waals surface area contributed by atoms with E-state index in [0.717, 1.165) is 35.0 Å². The molecule has 0 saturated heterocycles. The number of hydrogen-bond acceptors (Lipinski definition) is 4. The van der Waals surface area contributed by atoms with Gasteiger partial charge >= 0.3 is 0 Å². The molecule has 0 radical (unpaired) electrons. The summed E-state index contributed by atoms with van der Waals surface area (Å²) >= 11 is 0. The molecule has 0 unspecified atom stereocenters. The van der Waals surface area contributed by atoms with Crippen LogP contribution in [0.2, 0.25) is 0 Å². The molecule has 0 aliphatic heterocycles. The van der Waals surface area contributed by atoms with Crippen LogP contribution in [0.3, 0.4) is 0 Å². The van der Waals surface area contributed by atoms with Crippen molar-refractivity contribution in [3.8, 4) is 11.5 Å². The Balaban J connectivity index is 1.73. The number of nitrogens with one attached hydrogen (secondary N) is 1. The van der Waals surface area contributed by atoms with E-state index in [0.29, 0.717) is 6.54 Å². The predicted octanol–water partition coefficient (Wildman–Crippen LogP) is 4.14. The molecule has 0 bridgehead atoms. The van der Waals surface area contributed by atoms with Crippen molar-refractivity contribution in [2.45, 2.75) is 32.2 Å². The standard InChI is InChI=1S/C20H20N2O2/c23-18-10-9-13(11-19(18)24)12-21-20-14-5-1-3-7-16(14)22-17-8-4-2-6-15(17)20/h1,3,5,7,9-11,23-24H,2,4,6,8,12H2,(H,21,22). The van der Waals surface area contributed by atoms with Crippen molar-refractivity contribution >= 4 is 16.6 Å². The molecule has 3 aromatic rings. The van der Waals surface area contributed by atoms with Gasteiger partial charge in [0.2, 0.25) is 0 Å². The van der Waals surface area contributed by atoms with Gasteiger partial charge in [-0.25, -0.2) is 0 Å². The van der Waals surface area contributed by atoms with Gasteiger partial charge in [-0.1, -0.05) is 24.3 Å². The fourth-order valence-corrected chi connectivity index (χ4v) is 3.44. The summed E-state index contributed by atoms with van der Waals surface area (Å²) in [5, 5.41) is 23.8. The smallest absolute Gasteiger partial charge is 0.157 e. The minimum Gasteiger partial charge on any atom is -0.504 e. The van der Waals surface area contributed by atoms with E-state index in [1.54, 1.807) is 6.07 Å². The lowest BCUT2D eigenvalue weighted by Gasteiger charge is -2.21. The third kappa shape index (κ3) is 2.64. The fraction of sp³-hybridized carbons (Fsp3) is 0.250. The third-order valence-electron chi connectivity index (χ3n) is 4.68. The van der Waals surface area contributed by atoms with Crippen molar-refractivity contribution in [3.63, 3.8) is 0 Å². The number of aromatic nitrogens is 1. The molecule has 122 valence electrons. The van der Waals surface area contributed by atoms with Crippen LogP contribution in [0.5, 0.6) is 11.5 Å². The number of anilines is 1. The Morgan fingerprint density at radius 3 is 2.67 bits per heavy atom. The Kier molecular flexibility index (Phi) is 3.73. The second kappa shape index (κ2) is 6.04. The van der Waals surface area contributed by atoms with Gasteiger partial charge in [-0.3, -0.25) is 4.98 Å². The Morgan fingerprint density at radius 1 is 0.958 bits per heavy atom. The van der Waals surface area contributed by atoms with Crippen LogP contribution in [-0.2, 0) is 19.4 Å². The zero-order chi connectivity index (χ0) is 16.5. The van der Waals surface area contributed by atoms with Crippen molar-refractivity contribution < 1.29 is 10.2 Å². The maximum Gasteiger partial charge on any atom is 0.157 e. The molecule has 2 aromatic carbocycles. The monoisotopic (exact) mass is 320 g/mol. The molecule has 4 heteroatoms. The van der Waals surface area contributed by atoms with E-state index in [9.17, 15) is 10.2 Å². The number of pyridine rings is 1. The van der Waals surface area contributed by atoms with Crippen molar-refractivity contribution in [2.75, 3.05) is 5.32 Å². The van der Waals surface area contributed by atoms with Crippen molar-refractivity contribution in [2.24, 2.45) is 0 Å². The second-order valence-electron chi connectivity index (χ2n) is 6.31. The summed E-state index contributed by atoms with van der Waals surface area (Å²) in [5.74, 6) is -0.179. The lowest BCUT2D eigenvalue weighted by molar-refractivity contribution is 0.403. The predicted molar refractivity (Wildman–Crippen MR) is 95.5 cm³/mol. The van der Waals surface area contributed by atoms with Crippen molar-refractivity contribution in [3.05, 3.63) is 59.3 Å². The zero-order valence-corrected chi connectivity index (χ0v) is 13.4. The Morgan fingerprint density at radius 2 is 1.79 bits per heavy atom. The van der Waals surface area contributed by atoms with Gasteiger partial charge in [0.25, 0.3) is 0 Å². The number of hydrogen-bond donors (Lipinski definition) is 3. The summed E-state index contributed by atoms with van der Waals surface area (Å²) < 4.78 is 0. The number of rotatable bonds is 3. The van der Waals surface area contributed by atoms with Crippen LogP contribution in [0, 0.1) is 0 Å². The molecule has 1 aliphatic rings. The molecule has 1 heterocycles. The van der Waals surface area contributed by atoms with Gasteiger partial charge in [0.05, 0.1) is 5.52 Å². The number of para-hydroxylation sites is 1. The highest BCUT2D eigenvalue weighted by atomic mass is 16.3. The first-order chi connectivity index (χ1) is 11.7. The summed E-state index contributed by atoms with van der Waals surface area (Å²) in [6.07, 6.45) is 4.48. The summed E-state index contributed by atoms with van der Waals surface area (Å²) in [6, 6.07) is 13.2. The van der Waals surface area contributed by atoms with Gasteiger partial charge in [-0.2, -0.15) is 0 Å². The number of fused-ring (bicyclic) bond motifs is 2. The number of aryl methyl sites for hydroxylation is 1. The first kappa shape index (κ1) is 14.8. The van der Waals surface area contributed by atoms with E-state index in [1.807, 2.05) is 18.2 Å². The van der Waals surface area contributed by atoms with Gasteiger partial charge in [0.15, 0.2) is 11.5 Å². The number of nitrogens with zero attached hydrogens (tertiary/aromatic N) is 1. The summed E-state index contributed by atoms with van der Waals surface area (Å²) in [5.41, 5.74) is 5.63. The minimum absolute atomic E-state index is 0.0871. The average molecular weight is 320 g/mol. The van der Waals surface area contributed by atoms with Gasteiger partial charge in [0, 0.05) is 23.3 Å². The number of aromatic hydroxyl groups is 2. The maximum absolute atomic E-state index is 9.67. The molecule has 1 aliphatic carbocycles. The van der Waals surface area contributed by atoms with E-state index < -0.39 is 0 Å². The highest BCUT2D eigenvalue weighted by molar-refractivity contribution is 5.93. The molecule has 0 atom stereocenters. The summed E-state index contributed by atoms with van der Waals surface area (Å²) in [7, 11) is 0. The summed E-state index contributed by atoms with van der Waals surface area (Å²) in [4.78, 5) is 4.84. The highest BCUT2D eigenvalue weighted by Crippen LogP contribution is 2.34. The molecule has 1 aromatic heterocycles. The number of phenolic OH excluding ortho intramolecular Hbond substituents is 2. The molecular weight excluding hydrogens is 300 g/mol. The normalized spacial score (nSPS) is 13.7. The molecule has 0 spiro atoms. The van der Waals surface area contributed by atoms with Crippen LogP contribution in [-0.4, -0.2) is 15.2 Å². The lowest BCUT2D eigenvalue weighted by atomic mass is 9.92. The Labute approximate surface area is 140 Å². The van der Waals surface area contributed by atoms with Crippen LogP contribution in [0.1, 0.15) is 29.7 Å². The van der Waals surface area contributed by atoms with Gasteiger partial charge in [-0.15, -0.1) is 0 Å². The highest BCUT2D eigenvalue weighted by Gasteiger charge is 2.17. The van der Waals surface area contributed by atoms with Crippen LogP contribution in [0.25, 0.3) is 10.9 Å². The first-order valence-corrected chi connectivity index (χ1v) is 8.37. The van der Waals surface area contributed by atoms with Gasteiger partial charge < -0.3 is 15.5 Å². The molecule has 4 nitrogen and oxygen atoms in total. The van der Waals surface area contributed by atoms with E-state index in [-0.39, 0.29) is 11.5 Å². The molecule has 0 fully saturated rings. The molecular formula is C20H20N2O2. The summed E-state index contributed by atoms with van der Waals surface area (Å²) in [6.45, 7) is 0.592. The first-order valence-electron chi connectivity index (χ1n) is 8.37. The third-order valence-corrected chi connectivity index (χ3v) is 4.68. The average Bonchev–Trinajstić information content (AvgIpc) is 2.61. The largest absolute Gasteiger partial charge is 0.504 e. The van der Waals surface area contributed by atoms with Gasteiger partial charge in [0.1, 0.15) is 0 Å². The van der Waals surface area contributed by atoms with Crippen LogP contribution in [0.4, 0.5) is 5.69 Å². The van der Waals surface area contributed by atoms with Gasteiger partial charge in [-0.05, 0) is 55.0 Å². The Bertz CT molecular complexity index is 906. The minimum atomic E-state index is -0.0921. The molecule has 24 heavy (non-hydrogen) atoms. The van der Waals surface area contributed by atoms with E-state index in [1.165, 1.54) is 30.2 Å². The fourth-order valence-electron chi connectivity index (χ4n) is 3.44. The topological polar surface area (TPSA) is 65.4 Å². The van der Waals surface area contributed by atoms with E-state index >= 15 is 0 Å². The quantitative estimate of drug-likeness (QED) is 0.635.